The first-order valence-corrected chi connectivity index (χ1v) is 6.43. The Balaban J connectivity index is 2.56. The number of halogens is 3. The Hall–Kier alpha value is -1.07. The van der Waals surface area contributed by atoms with Crippen LogP contribution in [0.5, 0.6) is 0 Å². The summed E-state index contributed by atoms with van der Waals surface area (Å²) in [6.07, 6.45) is -3.10. The molecule has 0 aliphatic rings. The van der Waals surface area contributed by atoms with E-state index in [9.17, 15) is 18.3 Å². The summed E-state index contributed by atoms with van der Waals surface area (Å²) in [6, 6.07) is 5.00. The monoisotopic (exact) mass is 275 g/mol. The quantitative estimate of drug-likeness (QED) is 0.832. The highest BCUT2D eigenvalue weighted by atomic mass is 19.4. The van der Waals surface area contributed by atoms with Crippen LogP contribution in [0.3, 0.4) is 0 Å². The highest BCUT2D eigenvalue weighted by Crippen LogP contribution is 2.29. The van der Waals surface area contributed by atoms with Crippen molar-refractivity contribution in [2.45, 2.75) is 45.0 Å². The number of hydrogen-bond acceptors (Lipinski definition) is 2. The summed E-state index contributed by atoms with van der Waals surface area (Å²) < 4.78 is 37.2. The lowest BCUT2D eigenvalue weighted by atomic mass is 10.1. The molecule has 0 bridgehead atoms. The van der Waals surface area contributed by atoms with Gasteiger partial charge in [0.1, 0.15) is 0 Å². The van der Waals surface area contributed by atoms with Crippen LogP contribution in [0.25, 0.3) is 0 Å². The van der Waals surface area contributed by atoms with E-state index in [1.54, 1.807) is 0 Å². The van der Waals surface area contributed by atoms with E-state index in [0.29, 0.717) is 13.0 Å². The van der Waals surface area contributed by atoms with Gasteiger partial charge in [-0.1, -0.05) is 25.5 Å². The number of aliphatic hydroxyl groups excluding tert-OH is 1. The predicted octanol–water partition coefficient (Wildman–Crippen LogP) is 3.52. The Morgan fingerprint density at radius 3 is 2.26 bits per heavy atom. The van der Waals surface area contributed by atoms with E-state index in [1.165, 1.54) is 12.1 Å². The molecule has 2 unspecified atom stereocenters. The molecule has 2 nitrogen and oxygen atoms in total. The average Bonchev–Trinajstić information content (AvgIpc) is 2.35. The fraction of sp³-hybridized carbons (Fsp3) is 0.571. The van der Waals surface area contributed by atoms with Crippen molar-refractivity contribution in [1.29, 1.82) is 0 Å². The largest absolute Gasteiger partial charge is 0.416 e. The van der Waals surface area contributed by atoms with Crippen LogP contribution in [0.15, 0.2) is 24.3 Å². The number of benzene rings is 1. The predicted molar refractivity (Wildman–Crippen MR) is 68.8 cm³/mol. The van der Waals surface area contributed by atoms with Gasteiger partial charge >= 0.3 is 6.18 Å². The smallest absolute Gasteiger partial charge is 0.392 e. The fourth-order valence-corrected chi connectivity index (χ4v) is 1.83. The lowest BCUT2D eigenvalue weighted by Crippen LogP contribution is -2.29. The van der Waals surface area contributed by atoms with Crippen molar-refractivity contribution in [3.8, 4) is 0 Å². The zero-order valence-corrected chi connectivity index (χ0v) is 11.2. The van der Waals surface area contributed by atoms with Gasteiger partial charge in [-0.15, -0.1) is 0 Å². The van der Waals surface area contributed by atoms with Crippen LogP contribution in [0.2, 0.25) is 0 Å². The fourth-order valence-electron chi connectivity index (χ4n) is 1.83. The number of alkyl halides is 3. The van der Waals surface area contributed by atoms with Gasteiger partial charge in [-0.25, -0.2) is 0 Å². The second kappa shape index (κ2) is 6.91. The summed E-state index contributed by atoms with van der Waals surface area (Å²) >= 11 is 0. The number of nitrogens with one attached hydrogen (secondary N) is 1. The van der Waals surface area contributed by atoms with Crippen LogP contribution >= 0.6 is 0 Å². The summed E-state index contributed by atoms with van der Waals surface area (Å²) in [5, 5.41) is 12.7. The zero-order valence-electron chi connectivity index (χ0n) is 11.2. The highest BCUT2D eigenvalue weighted by molar-refractivity contribution is 5.26. The van der Waals surface area contributed by atoms with E-state index < -0.39 is 17.8 Å². The summed E-state index contributed by atoms with van der Waals surface area (Å²) in [6.45, 7) is 4.29. The Bertz CT molecular complexity index is 375. The van der Waals surface area contributed by atoms with Gasteiger partial charge in [0.05, 0.1) is 11.7 Å². The van der Waals surface area contributed by atoms with Crippen LogP contribution in [0.4, 0.5) is 13.2 Å². The maximum absolute atomic E-state index is 12.4. The van der Waals surface area contributed by atoms with Crippen molar-refractivity contribution < 1.29 is 18.3 Å². The third-order valence-corrected chi connectivity index (χ3v) is 3.02. The molecule has 1 rings (SSSR count). The molecular formula is C14H20F3NO. The molecule has 108 valence electrons. The molecule has 2 atom stereocenters. The molecule has 2 N–H and O–H groups in total. The van der Waals surface area contributed by atoms with Gasteiger partial charge < -0.3 is 10.4 Å². The first kappa shape index (κ1) is 16.0. The van der Waals surface area contributed by atoms with Crippen LogP contribution in [0, 0.1) is 0 Å². The zero-order chi connectivity index (χ0) is 14.5. The SMILES string of the molecule is CCCC(O)CNC(C)c1ccc(C(F)(F)F)cc1. The molecule has 0 aliphatic carbocycles. The van der Waals surface area contributed by atoms with E-state index in [1.807, 2.05) is 13.8 Å². The topological polar surface area (TPSA) is 32.3 Å². The summed E-state index contributed by atoms with van der Waals surface area (Å²) in [7, 11) is 0. The molecular weight excluding hydrogens is 255 g/mol. The number of hydrogen-bond donors (Lipinski definition) is 2. The molecule has 0 radical (unpaired) electrons. The molecule has 1 aromatic carbocycles. The van der Waals surface area contributed by atoms with E-state index in [0.717, 1.165) is 24.1 Å². The van der Waals surface area contributed by atoms with Crippen molar-refractivity contribution in [3.63, 3.8) is 0 Å². The second-order valence-corrected chi connectivity index (χ2v) is 4.69. The van der Waals surface area contributed by atoms with Crippen LogP contribution in [-0.4, -0.2) is 17.8 Å². The van der Waals surface area contributed by atoms with Gasteiger partial charge in [0.25, 0.3) is 0 Å². The van der Waals surface area contributed by atoms with Gasteiger partial charge in [-0.05, 0) is 31.0 Å². The minimum atomic E-state index is -4.30. The molecule has 0 heterocycles. The molecule has 0 aliphatic heterocycles. The van der Waals surface area contributed by atoms with Crippen LogP contribution in [-0.2, 0) is 6.18 Å². The van der Waals surface area contributed by atoms with E-state index >= 15 is 0 Å². The molecule has 0 saturated heterocycles. The maximum atomic E-state index is 12.4. The van der Waals surface area contributed by atoms with Crippen molar-refractivity contribution in [1.82, 2.24) is 5.32 Å². The average molecular weight is 275 g/mol. The van der Waals surface area contributed by atoms with Gasteiger partial charge in [0.15, 0.2) is 0 Å². The van der Waals surface area contributed by atoms with Crippen molar-refractivity contribution >= 4 is 0 Å². The molecule has 19 heavy (non-hydrogen) atoms. The number of aliphatic hydroxyl groups is 1. The standard InChI is InChI=1S/C14H20F3NO/c1-3-4-13(19)9-18-10(2)11-5-7-12(8-6-11)14(15,16)17/h5-8,10,13,18-19H,3-4,9H2,1-2H3. The van der Waals surface area contributed by atoms with Gasteiger partial charge in [-0.2, -0.15) is 13.2 Å². The van der Waals surface area contributed by atoms with Crippen LogP contribution in [0.1, 0.15) is 43.9 Å². The molecule has 0 amide bonds. The lowest BCUT2D eigenvalue weighted by molar-refractivity contribution is -0.137. The normalized spacial score (nSPS) is 15.3. The van der Waals surface area contributed by atoms with Crippen LogP contribution < -0.4 is 5.32 Å². The molecule has 5 heteroatoms. The van der Waals surface area contributed by atoms with Gasteiger partial charge in [0.2, 0.25) is 0 Å². The summed E-state index contributed by atoms with van der Waals surface area (Å²) in [4.78, 5) is 0. The molecule has 0 spiro atoms. The molecule has 1 aromatic rings. The van der Waals surface area contributed by atoms with Crippen molar-refractivity contribution in [3.05, 3.63) is 35.4 Å². The Morgan fingerprint density at radius 2 is 1.79 bits per heavy atom. The van der Waals surface area contributed by atoms with Gasteiger partial charge in [0, 0.05) is 12.6 Å². The molecule has 0 saturated carbocycles. The first-order valence-electron chi connectivity index (χ1n) is 6.43. The van der Waals surface area contributed by atoms with Crippen molar-refractivity contribution in [2.24, 2.45) is 0 Å². The van der Waals surface area contributed by atoms with E-state index in [2.05, 4.69) is 5.32 Å². The third-order valence-electron chi connectivity index (χ3n) is 3.02. The lowest BCUT2D eigenvalue weighted by Gasteiger charge is -2.17. The highest BCUT2D eigenvalue weighted by Gasteiger charge is 2.30. The minimum absolute atomic E-state index is 0.0891. The van der Waals surface area contributed by atoms with E-state index in [-0.39, 0.29) is 6.04 Å². The van der Waals surface area contributed by atoms with Crippen molar-refractivity contribution in [2.75, 3.05) is 6.54 Å². The first-order chi connectivity index (χ1) is 8.84. The summed E-state index contributed by atoms with van der Waals surface area (Å²) in [5.41, 5.74) is 0.131. The van der Waals surface area contributed by atoms with Gasteiger partial charge in [-0.3, -0.25) is 0 Å². The molecule has 0 fully saturated rings. The number of rotatable bonds is 6. The Labute approximate surface area is 111 Å². The maximum Gasteiger partial charge on any atom is 0.416 e. The minimum Gasteiger partial charge on any atom is -0.392 e. The third kappa shape index (κ3) is 5.20. The molecule has 0 aromatic heterocycles. The second-order valence-electron chi connectivity index (χ2n) is 4.69. The Kier molecular flexibility index (Phi) is 5.82. The Morgan fingerprint density at radius 1 is 1.21 bits per heavy atom. The van der Waals surface area contributed by atoms with E-state index in [4.69, 9.17) is 0 Å². The summed E-state index contributed by atoms with van der Waals surface area (Å²) in [5.74, 6) is 0.